The lowest BCUT2D eigenvalue weighted by Crippen LogP contribution is -2.19. The number of pyridine rings is 1. The quantitative estimate of drug-likeness (QED) is 0.609. The molecular weight excluding hydrogens is 338 g/mol. The molecule has 0 spiro atoms. The van der Waals surface area contributed by atoms with E-state index < -0.39 is 11.2 Å². The van der Waals surface area contributed by atoms with Crippen molar-refractivity contribution in [1.29, 1.82) is 5.26 Å². The van der Waals surface area contributed by atoms with Crippen LogP contribution in [0.3, 0.4) is 0 Å². The standard InChI is InChI=1S/C17H15N5O2S/c1-3-24-13-11(9-18)17(22-15(19)12(13)21-2)25-14(16(20)23)10-7-5-4-6-8-10/h4-8,14H,3H2,1H3,(H2,19,22)(H2,20,23). The molecule has 1 unspecified atom stereocenters. The second-order valence-corrected chi connectivity index (χ2v) is 5.92. The van der Waals surface area contributed by atoms with Gasteiger partial charge in [0.1, 0.15) is 27.7 Å². The molecule has 8 heteroatoms. The van der Waals surface area contributed by atoms with Gasteiger partial charge in [-0.1, -0.05) is 42.1 Å². The first-order chi connectivity index (χ1) is 12.0. The summed E-state index contributed by atoms with van der Waals surface area (Å²) in [5, 5.41) is 8.96. The maximum atomic E-state index is 11.9. The Morgan fingerprint density at radius 3 is 2.68 bits per heavy atom. The Hall–Kier alpha value is -3.23. The number of carbonyl (C=O) groups excluding carboxylic acids is 1. The minimum absolute atomic E-state index is 0.0157. The maximum absolute atomic E-state index is 11.9. The van der Waals surface area contributed by atoms with Gasteiger partial charge in [-0.2, -0.15) is 5.26 Å². The van der Waals surface area contributed by atoms with Gasteiger partial charge in [0, 0.05) is 0 Å². The van der Waals surface area contributed by atoms with Crippen molar-refractivity contribution >= 4 is 29.2 Å². The molecule has 7 nitrogen and oxygen atoms in total. The highest BCUT2D eigenvalue weighted by Crippen LogP contribution is 2.44. The van der Waals surface area contributed by atoms with Crippen LogP contribution in [0.4, 0.5) is 11.5 Å². The van der Waals surface area contributed by atoms with E-state index in [1.54, 1.807) is 31.2 Å². The van der Waals surface area contributed by atoms with E-state index in [1.807, 2.05) is 12.1 Å². The van der Waals surface area contributed by atoms with E-state index in [9.17, 15) is 10.1 Å². The summed E-state index contributed by atoms with van der Waals surface area (Å²) >= 11 is 1.00. The van der Waals surface area contributed by atoms with E-state index in [2.05, 4.69) is 9.83 Å². The van der Waals surface area contributed by atoms with Gasteiger partial charge in [0.2, 0.25) is 5.91 Å². The van der Waals surface area contributed by atoms with Crippen molar-refractivity contribution in [2.75, 3.05) is 12.3 Å². The van der Waals surface area contributed by atoms with Crippen LogP contribution < -0.4 is 16.2 Å². The number of thioether (sulfide) groups is 1. The first kappa shape index (κ1) is 18.1. The van der Waals surface area contributed by atoms with Gasteiger partial charge in [0.05, 0.1) is 13.2 Å². The average Bonchev–Trinajstić information content (AvgIpc) is 2.60. The van der Waals surface area contributed by atoms with Gasteiger partial charge < -0.3 is 16.2 Å². The molecule has 2 aromatic rings. The molecule has 1 aromatic carbocycles. The van der Waals surface area contributed by atoms with Crippen molar-refractivity contribution in [3.8, 4) is 11.8 Å². The molecule has 0 fully saturated rings. The van der Waals surface area contributed by atoms with E-state index in [0.717, 1.165) is 11.8 Å². The normalized spacial score (nSPS) is 11.2. The number of nitrogens with zero attached hydrogens (tertiary/aromatic N) is 3. The van der Waals surface area contributed by atoms with Gasteiger partial charge in [-0.05, 0) is 12.5 Å². The SMILES string of the molecule is [C-]#[N+]c1c(N)nc(SC(C(N)=O)c2ccccc2)c(C#N)c1OCC. The summed E-state index contributed by atoms with van der Waals surface area (Å²) in [5.41, 5.74) is 12.1. The molecule has 25 heavy (non-hydrogen) atoms. The van der Waals surface area contributed by atoms with Crippen LogP contribution in [0.5, 0.6) is 5.75 Å². The number of primary amides is 1. The fourth-order valence-corrected chi connectivity index (χ4v) is 3.20. The van der Waals surface area contributed by atoms with E-state index in [0.29, 0.717) is 5.56 Å². The summed E-state index contributed by atoms with van der Waals surface area (Å²) in [6, 6.07) is 10.9. The summed E-state index contributed by atoms with van der Waals surface area (Å²) in [5.74, 6) is -0.560. The van der Waals surface area contributed by atoms with Gasteiger partial charge >= 0.3 is 0 Å². The van der Waals surface area contributed by atoms with Gasteiger partial charge in [0.25, 0.3) is 5.69 Å². The smallest absolute Gasteiger partial charge is 0.270 e. The predicted molar refractivity (Wildman–Crippen MR) is 95.0 cm³/mol. The summed E-state index contributed by atoms with van der Waals surface area (Å²) in [6.07, 6.45) is 0. The number of benzene rings is 1. The minimum Gasteiger partial charge on any atom is -0.503 e. The monoisotopic (exact) mass is 353 g/mol. The summed E-state index contributed by atoms with van der Waals surface area (Å²) in [4.78, 5) is 19.3. The molecule has 0 radical (unpaired) electrons. The highest BCUT2D eigenvalue weighted by Gasteiger charge is 2.26. The Bertz CT molecular complexity index is 871. The van der Waals surface area contributed by atoms with E-state index in [-0.39, 0.29) is 34.5 Å². The number of ether oxygens (including phenoxy) is 1. The predicted octanol–water partition coefficient (Wildman–Crippen LogP) is 2.80. The molecule has 0 aliphatic rings. The number of nitrogens with two attached hydrogens (primary N) is 2. The molecule has 126 valence electrons. The van der Waals surface area contributed by atoms with Crippen LogP contribution in [0.15, 0.2) is 35.4 Å². The number of amides is 1. The minimum atomic E-state index is -0.756. The molecule has 1 heterocycles. The largest absolute Gasteiger partial charge is 0.503 e. The van der Waals surface area contributed by atoms with Gasteiger partial charge in [-0.3, -0.25) is 4.79 Å². The van der Waals surface area contributed by atoms with Crippen molar-refractivity contribution in [2.45, 2.75) is 17.2 Å². The zero-order chi connectivity index (χ0) is 18.4. The number of aromatic nitrogens is 1. The second-order valence-electron chi connectivity index (χ2n) is 4.82. The Morgan fingerprint density at radius 2 is 2.16 bits per heavy atom. The number of nitriles is 1. The fourth-order valence-electron chi connectivity index (χ4n) is 2.16. The molecular formula is C17H15N5O2S. The first-order valence-corrected chi connectivity index (χ1v) is 8.16. The van der Waals surface area contributed by atoms with Crippen molar-refractivity contribution in [2.24, 2.45) is 5.73 Å². The number of rotatable bonds is 6. The Kier molecular flexibility index (Phi) is 5.83. The maximum Gasteiger partial charge on any atom is 0.270 e. The molecule has 4 N–H and O–H groups in total. The van der Waals surface area contributed by atoms with Gasteiger partial charge in [-0.25, -0.2) is 9.83 Å². The first-order valence-electron chi connectivity index (χ1n) is 7.28. The summed E-state index contributed by atoms with van der Waals surface area (Å²) in [6.45, 7) is 9.21. The van der Waals surface area contributed by atoms with Crippen molar-refractivity contribution < 1.29 is 9.53 Å². The van der Waals surface area contributed by atoms with E-state index in [1.165, 1.54) is 0 Å². The topological polar surface area (TPSA) is 119 Å². The van der Waals surface area contributed by atoms with Crippen molar-refractivity contribution in [1.82, 2.24) is 4.98 Å². The number of hydrogen-bond donors (Lipinski definition) is 2. The Balaban J connectivity index is 2.57. The molecule has 1 amide bonds. The number of nitrogen functional groups attached to an aromatic ring is 1. The third-order valence-electron chi connectivity index (χ3n) is 3.22. The number of carbonyl (C=O) groups is 1. The van der Waals surface area contributed by atoms with Crippen LogP contribution in [0.2, 0.25) is 0 Å². The molecule has 0 bridgehead atoms. The second kappa shape index (κ2) is 8.04. The Morgan fingerprint density at radius 1 is 1.48 bits per heavy atom. The molecule has 1 aromatic heterocycles. The summed E-state index contributed by atoms with van der Waals surface area (Å²) in [7, 11) is 0. The Labute approximate surface area is 149 Å². The van der Waals surface area contributed by atoms with Gasteiger partial charge in [0.15, 0.2) is 5.75 Å². The third kappa shape index (κ3) is 3.82. The lowest BCUT2D eigenvalue weighted by molar-refractivity contribution is -0.117. The number of hydrogen-bond acceptors (Lipinski definition) is 6. The zero-order valence-corrected chi connectivity index (χ0v) is 14.2. The molecule has 1 atom stereocenters. The van der Waals surface area contributed by atoms with E-state index >= 15 is 0 Å². The molecule has 0 saturated carbocycles. The highest BCUT2D eigenvalue weighted by atomic mass is 32.2. The molecule has 0 saturated heterocycles. The third-order valence-corrected chi connectivity index (χ3v) is 4.48. The lowest BCUT2D eigenvalue weighted by Gasteiger charge is -2.16. The highest BCUT2D eigenvalue weighted by molar-refractivity contribution is 8.00. The zero-order valence-electron chi connectivity index (χ0n) is 13.4. The van der Waals surface area contributed by atoms with Crippen molar-refractivity contribution in [3.63, 3.8) is 0 Å². The molecule has 0 aliphatic heterocycles. The molecule has 2 rings (SSSR count). The summed E-state index contributed by atoms with van der Waals surface area (Å²) < 4.78 is 5.43. The fraction of sp³-hybridized carbons (Fsp3) is 0.176. The van der Waals surface area contributed by atoms with Crippen LogP contribution >= 0.6 is 11.8 Å². The van der Waals surface area contributed by atoms with Crippen LogP contribution in [0.25, 0.3) is 4.85 Å². The van der Waals surface area contributed by atoms with Crippen molar-refractivity contribution in [3.05, 3.63) is 52.9 Å². The van der Waals surface area contributed by atoms with Crippen LogP contribution in [0, 0.1) is 17.9 Å². The average molecular weight is 353 g/mol. The van der Waals surface area contributed by atoms with Crippen LogP contribution in [-0.4, -0.2) is 17.5 Å². The van der Waals surface area contributed by atoms with Gasteiger partial charge in [-0.15, -0.1) is 0 Å². The van der Waals surface area contributed by atoms with E-state index in [4.69, 9.17) is 22.8 Å². The lowest BCUT2D eigenvalue weighted by atomic mass is 10.1. The van der Waals surface area contributed by atoms with Crippen LogP contribution in [-0.2, 0) is 4.79 Å². The number of anilines is 1. The van der Waals surface area contributed by atoms with Crippen LogP contribution in [0.1, 0.15) is 23.3 Å². The molecule has 0 aliphatic carbocycles.